The van der Waals surface area contributed by atoms with Crippen LogP contribution in [0.5, 0.6) is 0 Å². The van der Waals surface area contributed by atoms with E-state index in [1.54, 1.807) is 0 Å². The van der Waals surface area contributed by atoms with Gasteiger partial charge in [0, 0.05) is 26.2 Å². The molecule has 1 aromatic carbocycles. The summed E-state index contributed by atoms with van der Waals surface area (Å²) in [5.41, 5.74) is 10.0. The zero-order valence-corrected chi connectivity index (χ0v) is 21.0. The first-order valence-corrected chi connectivity index (χ1v) is 11.9. The van der Waals surface area contributed by atoms with Crippen molar-refractivity contribution in [2.75, 3.05) is 32.0 Å². The van der Waals surface area contributed by atoms with E-state index in [1.165, 1.54) is 16.7 Å². The maximum Gasteiger partial charge on any atom is 0.199 e. The summed E-state index contributed by atoms with van der Waals surface area (Å²) >= 11 is 0. The lowest BCUT2D eigenvalue weighted by molar-refractivity contribution is 0.0342. The van der Waals surface area contributed by atoms with Crippen LogP contribution in [0, 0.1) is 0 Å². The van der Waals surface area contributed by atoms with Gasteiger partial charge in [0.15, 0.2) is 17.3 Å². The molecule has 8 heteroatoms. The third-order valence-electron chi connectivity index (χ3n) is 5.53. The number of hydrogen-bond donors (Lipinski definition) is 1. The average Bonchev–Trinajstić information content (AvgIpc) is 3.46. The molecule has 0 atom stereocenters. The highest BCUT2D eigenvalue weighted by atomic mass is 16.6. The second-order valence-electron chi connectivity index (χ2n) is 7.39. The zero-order chi connectivity index (χ0) is 25.1. The molecule has 1 fully saturated rings. The first-order chi connectivity index (χ1) is 16.6. The average molecular weight is 467 g/mol. The largest absolute Gasteiger partial charge is 0.379 e. The van der Waals surface area contributed by atoms with Gasteiger partial charge in [0.25, 0.3) is 0 Å². The van der Waals surface area contributed by atoms with E-state index in [0.717, 1.165) is 44.6 Å². The highest BCUT2D eigenvalue weighted by Crippen LogP contribution is 2.20. The number of imidazole rings is 1. The van der Waals surface area contributed by atoms with E-state index >= 15 is 0 Å². The van der Waals surface area contributed by atoms with Gasteiger partial charge in [-0.05, 0) is 40.4 Å². The lowest BCUT2D eigenvalue weighted by Gasteiger charge is -2.26. The molecule has 0 aliphatic carbocycles. The van der Waals surface area contributed by atoms with Gasteiger partial charge >= 0.3 is 0 Å². The monoisotopic (exact) mass is 466 g/mol. The number of morpholine rings is 1. The second-order valence-corrected chi connectivity index (χ2v) is 7.39. The van der Waals surface area contributed by atoms with Crippen molar-refractivity contribution in [1.82, 2.24) is 24.8 Å². The molecule has 2 N–H and O–H groups in total. The van der Waals surface area contributed by atoms with Crippen LogP contribution in [0.15, 0.2) is 42.1 Å². The van der Waals surface area contributed by atoms with E-state index in [4.69, 9.17) is 15.1 Å². The summed E-state index contributed by atoms with van der Waals surface area (Å²) in [5, 5.41) is 9.31. The van der Waals surface area contributed by atoms with Gasteiger partial charge in [-0.2, -0.15) is 0 Å². The number of ether oxygens (including phenoxy) is 1. The molecule has 1 aliphatic heterocycles. The fourth-order valence-electron chi connectivity index (χ4n) is 4.02. The number of hydrogen-bond acceptors (Lipinski definition) is 7. The van der Waals surface area contributed by atoms with Gasteiger partial charge in [0.05, 0.1) is 23.9 Å². The van der Waals surface area contributed by atoms with E-state index in [1.807, 2.05) is 13.8 Å². The highest BCUT2D eigenvalue weighted by molar-refractivity contribution is 5.67. The Bertz CT molecular complexity index is 1130. The Morgan fingerprint density at radius 1 is 1.06 bits per heavy atom. The summed E-state index contributed by atoms with van der Waals surface area (Å²) in [6.07, 6.45) is 0.850. The van der Waals surface area contributed by atoms with Crippen LogP contribution in [0.4, 0.5) is 5.82 Å². The third kappa shape index (κ3) is 6.01. The fourth-order valence-corrected chi connectivity index (χ4v) is 4.02. The normalized spacial score (nSPS) is 14.5. The van der Waals surface area contributed by atoms with Crippen LogP contribution >= 0.6 is 0 Å². The van der Waals surface area contributed by atoms with Crippen molar-refractivity contribution in [2.45, 2.75) is 47.2 Å². The van der Waals surface area contributed by atoms with Crippen molar-refractivity contribution in [3.8, 4) is 11.5 Å². The number of nitrogens with zero attached hydrogens (tertiary/aromatic N) is 5. The molecule has 0 saturated carbocycles. The van der Waals surface area contributed by atoms with Gasteiger partial charge in [-0.1, -0.05) is 51.6 Å². The quantitative estimate of drug-likeness (QED) is 0.557. The summed E-state index contributed by atoms with van der Waals surface area (Å²) in [6.45, 7) is 23.6. The Labute approximate surface area is 202 Å². The summed E-state index contributed by atoms with van der Waals surface area (Å²) in [7, 11) is 0. The first kappa shape index (κ1) is 27.0. The standard InChI is InChI=1S/C22H28N6O2.C2H6.C2H4/c1-4-18(17-8-6-16(7-9-17)14-27-10-12-29-13-11-27)20-15(3)24-22(28(20)5-2)19-21(23)26-30-25-19;2*1-2/h6-9H,3-5,10-14H2,1-2H3,(H2,23,26);1-2H3;1-2H2/b20-18-;;. The van der Waals surface area contributed by atoms with Gasteiger partial charge in [-0.3, -0.25) is 4.90 Å². The molecule has 0 bridgehead atoms. The van der Waals surface area contributed by atoms with E-state index in [9.17, 15) is 0 Å². The molecule has 8 nitrogen and oxygen atoms in total. The zero-order valence-electron chi connectivity index (χ0n) is 21.0. The molecule has 0 spiro atoms. The predicted molar refractivity (Wildman–Crippen MR) is 138 cm³/mol. The molecule has 0 unspecified atom stereocenters. The van der Waals surface area contributed by atoms with E-state index in [0.29, 0.717) is 23.4 Å². The Morgan fingerprint density at radius 2 is 1.71 bits per heavy atom. The lowest BCUT2D eigenvalue weighted by atomic mass is 10.0. The van der Waals surface area contributed by atoms with Gasteiger partial charge < -0.3 is 15.0 Å². The molecule has 1 saturated heterocycles. The molecule has 4 rings (SSSR count). The smallest absolute Gasteiger partial charge is 0.199 e. The molecular weight excluding hydrogens is 428 g/mol. The highest BCUT2D eigenvalue weighted by Gasteiger charge is 2.18. The molecule has 3 aromatic rings. The Hall–Kier alpha value is -3.23. The number of nitrogen functional groups attached to an aromatic ring is 1. The van der Waals surface area contributed by atoms with Crippen molar-refractivity contribution in [3.05, 3.63) is 59.2 Å². The topological polar surface area (TPSA) is 95.2 Å². The molecule has 34 heavy (non-hydrogen) atoms. The van der Waals surface area contributed by atoms with Crippen LogP contribution in [-0.4, -0.2) is 51.1 Å². The maximum atomic E-state index is 5.91. The van der Waals surface area contributed by atoms with E-state index in [-0.39, 0.29) is 5.82 Å². The second kappa shape index (κ2) is 13.5. The van der Waals surface area contributed by atoms with Crippen LogP contribution < -0.4 is 16.4 Å². The fraction of sp³-hybridized carbons (Fsp3) is 0.423. The predicted octanol–water partition coefficient (Wildman–Crippen LogP) is 3.22. The van der Waals surface area contributed by atoms with Gasteiger partial charge in [0.2, 0.25) is 0 Å². The SMILES string of the molecule is C=C.C=c1nc(-c2nonc2N)n(CC)/c1=C(/CC)c1ccc(CN2CCOCC2)cc1.CC. The minimum absolute atomic E-state index is 0.228. The first-order valence-electron chi connectivity index (χ1n) is 11.9. The maximum absolute atomic E-state index is 5.91. The van der Waals surface area contributed by atoms with Crippen LogP contribution in [0.2, 0.25) is 0 Å². The van der Waals surface area contributed by atoms with Crippen LogP contribution in [0.1, 0.15) is 45.2 Å². The lowest BCUT2D eigenvalue weighted by Crippen LogP contribution is -2.35. The molecule has 0 amide bonds. The van der Waals surface area contributed by atoms with E-state index in [2.05, 4.69) is 82.6 Å². The summed E-state index contributed by atoms with van der Waals surface area (Å²) < 4.78 is 12.3. The van der Waals surface area contributed by atoms with Gasteiger partial charge in [-0.15, -0.1) is 13.2 Å². The molecule has 1 aliphatic rings. The van der Waals surface area contributed by atoms with Crippen molar-refractivity contribution in [2.24, 2.45) is 0 Å². The van der Waals surface area contributed by atoms with Gasteiger partial charge in [0.1, 0.15) is 0 Å². The van der Waals surface area contributed by atoms with Crippen LogP contribution in [0.3, 0.4) is 0 Å². The minimum Gasteiger partial charge on any atom is -0.379 e. The summed E-state index contributed by atoms with van der Waals surface area (Å²) in [6, 6.07) is 8.78. The summed E-state index contributed by atoms with van der Waals surface area (Å²) in [5.74, 6) is 0.859. The van der Waals surface area contributed by atoms with Crippen LogP contribution in [0.25, 0.3) is 23.7 Å². The van der Waals surface area contributed by atoms with Crippen molar-refractivity contribution < 1.29 is 9.37 Å². The Morgan fingerprint density at radius 3 is 2.24 bits per heavy atom. The summed E-state index contributed by atoms with van der Waals surface area (Å²) in [4.78, 5) is 7.07. The number of aromatic nitrogens is 4. The minimum atomic E-state index is 0.228. The van der Waals surface area contributed by atoms with Crippen molar-refractivity contribution >= 4 is 18.0 Å². The van der Waals surface area contributed by atoms with Crippen LogP contribution in [-0.2, 0) is 17.8 Å². The molecule has 2 aromatic heterocycles. The molecule has 0 radical (unpaired) electrons. The van der Waals surface area contributed by atoms with E-state index < -0.39 is 0 Å². The van der Waals surface area contributed by atoms with Crippen molar-refractivity contribution in [3.63, 3.8) is 0 Å². The number of benzene rings is 1. The number of rotatable bonds is 6. The number of nitrogens with two attached hydrogens (primary N) is 1. The number of anilines is 1. The molecular formula is C26H38N6O2. The third-order valence-corrected chi connectivity index (χ3v) is 5.53. The molecule has 184 valence electrons. The van der Waals surface area contributed by atoms with Crippen molar-refractivity contribution in [1.29, 1.82) is 0 Å². The molecule has 3 heterocycles. The van der Waals surface area contributed by atoms with Gasteiger partial charge in [-0.25, -0.2) is 9.61 Å². The Kier molecular flexibility index (Phi) is 10.7. The Balaban J connectivity index is 0.000000970.